The van der Waals surface area contributed by atoms with E-state index in [1.165, 1.54) is 0 Å². The lowest BCUT2D eigenvalue weighted by Crippen LogP contribution is -2.27. The number of fused-ring (bicyclic) bond motifs is 1. The molecule has 1 heterocycles. The molecule has 0 radical (unpaired) electrons. The lowest BCUT2D eigenvalue weighted by atomic mass is 10.2. The standard InChI is InChI=1S/C9H9NO2/c1-2-10-6-7-4-3-5-8(11)9(7)12-10/h3-6H,2H2,1H3/p+1. The van der Waals surface area contributed by atoms with E-state index in [9.17, 15) is 5.11 Å². The first-order valence-corrected chi connectivity index (χ1v) is 3.92. The minimum Gasteiger partial charge on any atom is -0.504 e. The van der Waals surface area contributed by atoms with Crippen LogP contribution >= 0.6 is 0 Å². The van der Waals surface area contributed by atoms with Crippen LogP contribution in [-0.4, -0.2) is 5.11 Å². The predicted octanol–water partition coefficient (Wildman–Crippen LogP) is 1.45. The molecule has 2 aromatic rings. The molecule has 62 valence electrons. The second-order valence-electron chi connectivity index (χ2n) is 2.65. The molecule has 1 aromatic carbocycles. The topological polar surface area (TPSA) is 37.2 Å². The zero-order valence-corrected chi connectivity index (χ0v) is 6.82. The van der Waals surface area contributed by atoms with Gasteiger partial charge in [0.2, 0.25) is 6.20 Å². The Hall–Kier alpha value is -1.51. The third-order valence-corrected chi connectivity index (χ3v) is 1.83. The maximum atomic E-state index is 9.37. The molecule has 0 amide bonds. The smallest absolute Gasteiger partial charge is 0.258 e. The molecule has 0 bridgehead atoms. The summed E-state index contributed by atoms with van der Waals surface area (Å²) in [5, 5.41) is 10.3. The van der Waals surface area contributed by atoms with Gasteiger partial charge in [-0.05, 0) is 23.8 Å². The van der Waals surface area contributed by atoms with Crippen LogP contribution in [0.15, 0.2) is 28.9 Å². The summed E-state index contributed by atoms with van der Waals surface area (Å²) < 4.78 is 7.00. The first kappa shape index (κ1) is 7.16. The van der Waals surface area contributed by atoms with Crippen molar-refractivity contribution in [1.82, 2.24) is 0 Å². The first-order chi connectivity index (χ1) is 5.81. The maximum absolute atomic E-state index is 9.37. The quantitative estimate of drug-likeness (QED) is 0.647. The van der Waals surface area contributed by atoms with E-state index in [-0.39, 0.29) is 5.75 Å². The third kappa shape index (κ3) is 0.942. The zero-order chi connectivity index (χ0) is 8.55. The normalized spacial score (nSPS) is 10.8. The van der Waals surface area contributed by atoms with Crippen LogP contribution in [0.25, 0.3) is 11.0 Å². The average molecular weight is 164 g/mol. The molecule has 1 aromatic heterocycles. The van der Waals surface area contributed by atoms with Gasteiger partial charge in [0.15, 0.2) is 12.3 Å². The molecule has 1 N–H and O–H groups in total. The minimum absolute atomic E-state index is 0.194. The highest BCUT2D eigenvalue weighted by Gasteiger charge is 2.11. The molecule has 0 saturated heterocycles. The van der Waals surface area contributed by atoms with Gasteiger partial charge in [0, 0.05) is 0 Å². The summed E-state index contributed by atoms with van der Waals surface area (Å²) in [6.45, 7) is 2.76. The van der Waals surface area contributed by atoms with Crippen LogP contribution in [0.1, 0.15) is 6.92 Å². The second kappa shape index (κ2) is 2.52. The molecule has 0 spiro atoms. The highest BCUT2D eigenvalue weighted by Crippen LogP contribution is 2.22. The molecule has 0 unspecified atom stereocenters. The van der Waals surface area contributed by atoms with Crippen molar-refractivity contribution in [2.45, 2.75) is 13.5 Å². The fraction of sp³-hybridized carbons (Fsp3) is 0.222. The van der Waals surface area contributed by atoms with Gasteiger partial charge in [-0.3, -0.25) is 0 Å². The average Bonchev–Trinajstić information content (AvgIpc) is 2.49. The van der Waals surface area contributed by atoms with Crippen molar-refractivity contribution in [3.63, 3.8) is 0 Å². The van der Waals surface area contributed by atoms with Crippen LogP contribution in [0, 0.1) is 0 Å². The monoisotopic (exact) mass is 164 g/mol. The number of para-hydroxylation sites is 1. The molecule has 0 aliphatic carbocycles. The molecule has 0 aliphatic rings. The van der Waals surface area contributed by atoms with E-state index in [4.69, 9.17) is 4.52 Å². The predicted molar refractivity (Wildman–Crippen MR) is 43.7 cm³/mol. The lowest BCUT2D eigenvalue weighted by molar-refractivity contribution is -0.857. The van der Waals surface area contributed by atoms with Crippen LogP contribution in [0.5, 0.6) is 5.75 Å². The number of phenolic OH excluding ortho intramolecular Hbond substituents is 1. The Bertz CT molecular complexity index is 406. The van der Waals surface area contributed by atoms with E-state index in [0.29, 0.717) is 5.58 Å². The van der Waals surface area contributed by atoms with Crippen molar-refractivity contribution in [3.8, 4) is 5.75 Å². The van der Waals surface area contributed by atoms with Crippen LogP contribution < -0.4 is 4.74 Å². The molecule has 0 fully saturated rings. The Balaban J connectivity index is 2.74. The van der Waals surface area contributed by atoms with Crippen molar-refractivity contribution in [2.75, 3.05) is 0 Å². The molecule has 2 rings (SSSR count). The Morgan fingerprint density at radius 2 is 2.33 bits per heavy atom. The molecule has 3 heteroatoms. The van der Waals surface area contributed by atoms with Gasteiger partial charge in [0.05, 0.1) is 5.39 Å². The Morgan fingerprint density at radius 3 is 3.00 bits per heavy atom. The van der Waals surface area contributed by atoms with E-state index >= 15 is 0 Å². The van der Waals surface area contributed by atoms with Crippen LogP contribution in [0.2, 0.25) is 0 Å². The lowest BCUT2D eigenvalue weighted by Gasteiger charge is -1.85. The largest absolute Gasteiger partial charge is 0.504 e. The van der Waals surface area contributed by atoms with Crippen molar-refractivity contribution >= 4 is 11.0 Å². The highest BCUT2D eigenvalue weighted by atomic mass is 16.5. The highest BCUT2D eigenvalue weighted by molar-refractivity contribution is 5.80. The number of phenols is 1. The minimum atomic E-state index is 0.194. The number of rotatable bonds is 1. The SMILES string of the molecule is CC[n+]1cc2cccc(O)c2o1. The van der Waals surface area contributed by atoms with Gasteiger partial charge >= 0.3 is 0 Å². The Labute approximate surface area is 69.8 Å². The summed E-state index contributed by atoms with van der Waals surface area (Å²) in [6, 6.07) is 5.32. The fourth-order valence-corrected chi connectivity index (χ4v) is 1.20. The zero-order valence-electron chi connectivity index (χ0n) is 6.82. The number of aryl methyl sites for hydroxylation is 1. The summed E-state index contributed by atoms with van der Waals surface area (Å²) in [7, 11) is 0. The molecule has 3 nitrogen and oxygen atoms in total. The number of aromatic hydroxyl groups is 1. The van der Waals surface area contributed by atoms with E-state index in [0.717, 1.165) is 11.9 Å². The van der Waals surface area contributed by atoms with Crippen molar-refractivity contribution in [3.05, 3.63) is 24.4 Å². The molecule has 0 atom stereocenters. The summed E-state index contributed by atoms with van der Waals surface area (Å²) in [5.41, 5.74) is 0.555. The first-order valence-electron chi connectivity index (χ1n) is 3.92. The van der Waals surface area contributed by atoms with Gasteiger partial charge in [0.25, 0.3) is 5.58 Å². The number of aromatic nitrogens is 1. The van der Waals surface area contributed by atoms with Gasteiger partial charge in [-0.1, -0.05) is 6.07 Å². The molecule has 0 aliphatic heterocycles. The number of hydrogen-bond acceptors (Lipinski definition) is 2. The van der Waals surface area contributed by atoms with Gasteiger partial charge in [-0.15, -0.1) is 0 Å². The van der Waals surface area contributed by atoms with Gasteiger partial charge in [0.1, 0.15) is 0 Å². The molecule has 12 heavy (non-hydrogen) atoms. The number of nitrogens with zero attached hydrogens (tertiary/aromatic N) is 1. The third-order valence-electron chi connectivity index (χ3n) is 1.83. The summed E-state index contributed by atoms with van der Waals surface area (Å²) in [4.78, 5) is 0. The van der Waals surface area contributed by atoms with E-state index in [1.807, 2.05) is 19.2 Å². The summed E-state index contributed by atoms with van der Waals surface area (Å²) in [6.07, 6.45) is 1.87. The summed E-state index contributed by atoms with van der Waals surface area (Å²) >= 11 is 0. The van der Waals surface area contributed by atoms with E-state index < -0.39 is 0 Å². The number of benzene rings is 1. The van der Waals surface area contributed by atoms with Gasteiger partial charge < -0.3 is 5.11 Å². The van der Waals surface area contributed by atoms with Gasteiger partial charge in [-0.2, -0.15) is 0 Å². The fourth-order valence-electron chi connectivity index (χ4n) is 1.20. The van der Waals surface area contributed by atoms with Crippen molar-refractivity contribution in [2.24, 2.45) is 0 Å². The van der Waals surface area contributed by atoms with Gasteiger partial charge in [-0.25, -0.2) is 4.52 Å². The van der Waals surface area contributed by atoms with Crippen molar-refractivity contribution in [1.29, 1.82) is 0 Å². The van der Waals surface area contributed by atoms with Crippen LogP contribution in [0.4, 0.5) is 0 Å². The van der Waals surface area contributed by atoms with Crippen molar-refractivity contribution < 1.29 is 14.4 Å². The summed E-state index contributed by atoms with van der Waals surface area (Å²) in [5.74, 6) is 0.194. The number of hydrogen-bond donors (Lipinski definition) is 1. The second-order valence-corrected chi connectivity index (χ2v) is 2.65. The van der Waals surface area contributed by atoms with E-state index in [1.54, 1.807) is 16.9 Å². The van der Waals surface area contributed by atoms with Crippen LogP contribution in [0.3, 0.4) is 0 Å². The Kier molecular flexibility index (Phi) is 1.50. The molecule has 0 saturated carbocycles. The maximum Gasteiger partial charge on any atom is 0.258 e. The Morgan fingerprint density at radius 1 is 1.50 bits per heavy atom. The molecular formula is C9H10NO2+. The van der Waals surface area contributed by atoms with Crippen LogP contribution in [-0.2, 0) is 6.54 Å². The van der Waals surface area contributed by atoms with E-state index in [2.05, 4.69) is 0 Å². The molecular weight excluding hydrogens is 154 g/mol.